The van der Waals surface area contributed by atoms with Crippen LogP contribution >= 0.6 is 47.8 Å². The van der Waals surface area contributed by atoms with Gasteiger partial charge < -0.3 is 0 Å². The van der Waals surface area contributed by atoms with Gasteiger partial charge in [-0.25, -0.2) is 0 Å². The molecule has 0 saturated heterocycles. The first-order chi connectivity index (χ1) is 8.58. The van der Waals surface area contributed by atoms with E-state index in [-0.39, 0.29) is 0 Å². The number of halogens is 3. The van der Waals surface area contributed by atoms with Crippen molar-refractivity contribution in [1.82, 2.24) is 0 Å². The molecule has 0 radical (unpaired) electrons. The second-order valence-corrected chi connectivity index (χ2v) is 8.14. The molecule has 1 aliphatic carbocycles. The summed E-state index contributed by atoms with van der Waals surface area (Å²) in [5.74, 6) is 0.898. The van der Waals surface area contributed by atoms with Crippen molar-refractivity contribution in [3.63, 3.8) is 0 Å². The highest BCUT2D eigenvalue weighted by atomic mass is 79.9. The Morgan fingerprint density at radius 2 is 1.78 bits per heavy atom. The molecule has 1 aromatic carbocycles. The molecule has 3 heteroatoms. The first-order valence-corrected chi connectivity index (χ1v) is 9.17. The van der Waals surface area contributed by atoms with Gasteiger partial charge in [-0.2, -0.15) is 0 Å². The zero-order chi connectivity index (χ0) is 13.1. The monoisotopic (exact) mass is 436 g/mol. The third kappa shape index (κ3) is 3.83. The number of hydrogen-bond acceptors (Lipinski definition) is 0. The van der Waals surface area contributed by atoms with Crippen LogP contribution in [-0.4, -0.2) is 0 Å². The smallest absolute Gasteiger partial charge is 0.0409 e. The Hall–Kier alpha value is 0.660. The summed E-state index contributed by atoms with van der Waals surface area (Å²) in [5.41, 5.74) is 2.65. The molecule has 18 heavy (non-hydrogen) atoms. The molecular formula is C15H19Br3. The van der Waals surface area contributed by atoms with E-state index in [4.69, 9.17) is 0 Å². The maximum atomic E-state index is 3.88. The standard InChI is InChI=1S/C15H19Br3/c1-10-7-14(17)12(9-13(10)16)15(18)8-11-5-3-2-4-6-11/h7,9,11,15H,2-6,8H2,1H3. The van der Waals surface area contributed by atoms with Crippen molar-refractivity contribution in [3.8, 4) is 0 Å². The summed E-state index contributed by atoms with van der Waals surface area (Å²) in [6, 6.07) is 4.45. The molecule has 0 N–H and O–H groups in total. The molecule has 0 spiro atoms. The maximum Gasteiger partial charge on any atom is 0.0409 e. The molecule has 1 aromatic rings. The van der Waals surface area contributed by atoms with Crippen molar-refractivity contribution in [3.05, 3.63) is 32.2 Å². The van der Waals surface area contributed by atoms with Crippen molar-refractivity contribution in [1.29, 1.82) is 0 Å². The molecule has 0 heterocycles. The average molecular weight is 439 g/mol. The van der Waals surface area contributed by atoms with Gasteiger partial charge in [0.05, 0.1) is 0 Å². The lowest BCUT2D eigenvalue weighted by Crippen LogP contribution is -2.09. The van der Waals surface area contributed by atoms with Gasteiger partial charge in [0.1, 0.15) is 0 Å². The van der Waals surface area contributed by atoms with Crippen LogP contribution in [0.4, 0.5) is 0 Å². The van der Waals surface area contributed by atoms with Crippen LogP contribution < -0.4 is 0 Å². The summed E-state index contributed by atoms with van der Waals surface area (Å²) >= 11 is 11.2. The molecule has 2 rings (SSSR count). The van der Waals surface area contributed by atoms with Crippen LogP contribution in [-0.2, 0) is 0 Å². The van der Waals surface area contributed by atoms with E-state index in [2.05, 4.69) is 66.8 Å². The van der Waals surface area contributed by atoms with Gasteiger partial charge in [-0.15, -0.1) is 0 Å². The number of benzene rings is 1. The van der Waals surface area contributed by atoms with E-state index in [0.717, 1.165) is 5.92 Å². The van der Waals surface area contributed by atoms with E-state index in [0.29, 0.717) is 4.83 Å². The van der Waals surface area contributed by atoms with E-state index < -0.39 is 0 Å². The molecule has 0 aromatic heterocycles. The van der Waals surface area contributed by atoms with Crippen molar-refractivity contribution in [2.75, 3.05) is 0 Å². The molecule has 0 bridgehead atoms. The van der Waals surface area contributed by atoms with Gasteiger partial charge in [-0.3, -0.25) is 0 Å². The SMILES string of the molecule is Cc1cc(Br)c(C(Br)CC2CCCCC2)cc1Br. The van der Waals surface area contributed by atoms with Crippen molar-refractivity contribution in [2.45, 2.75) is 50.3 Å². The van der Waals surface area contributed by atoms with E-state index in [1.807, 2.05) is 0 Å². The predicted octanol–water partition coefficient (Wildman–Crippen LogP) is 6.93. The second kappa shape index (κ2) is 6.90. The first-order valence-electron chi connectivity index (χ1n) is 6.67. The fraction of sp³-hybridized carbons (Fsp3) is 0.600. The maximum absolute atomic E-state index is 3.88. The summed E-state index contributed by atoms with van der Waals surface area (Å²) in [5, 5.41) is 0. The van der Waals surface area contributed by atoms with Crippen molar-refractivity contribution >= 4 is 47.8 Å². The second-order valence-electron chi connectivity index (χ2n) is 5.33. The quantitative estimate of drug-likeness (QED) is 0.449. The summed E-state index contributed by atoms with van der Waals surface area (Å²) in [4.78, 5) is 0.465. The van der Waals surface area contributed by atoms with Crippen molar-refractivity contribution in [2.24, 2.45) is 5.92 Å². The predicted molar refractivity (Wildman–Crippen MR) is 89.4 cm³/mol. The molecule has 1 aliphatic rings. The number of alkyl halides is 1. The average Bonchev–Trinajstić information content (AvgIpc) is 2.35. The number of aryl methyl sites for hydroxylation is 1. The Bertz CT molecular complexity index is 408. The van der Waals surface area contributed by atoms with E-state index >= 15 is 0 Å². The first kappa shape index (κ1) is 15.1. The van der Waals surface area contributed by atoms with Crippen molar-refractivity contribution < 1.29 is 0 Å². The normalized spacial score (nSPS) is 18.9. The largest absolute Gasteiger partial charge is 0.0838 e. The molecule has 1 unspecified atom stereocenters. The highest BCUT2D eigenvalue weighted by Gasteiger charge is 2.20. The Kier molecular flexibility index (Phi) is 5.77. The molecule has 100 valence electrons. The lowest BCUT2D eigenvalue weighted by atomic mass is 9.85. The number of hydrogen-bond donors (Lipinski definition) is 0. The topological polar surface area (TPSA) is 0 Å². The van der Waals surface area contributed by atoms with Crippen LogP contribution in [0.15, 0.2) is 21.1 Å². The minimum atomic E-state index is 0.465. The Morgan fingerprint density at radius 1 is 1.11 bits per heavy atom. The highest BCUT2D eigenvalue weighted by Crippen LogP contribution is 2.40. The lowest BCUT2D eigenvalue weighted by Gasteiger charge is -2.24. The third-order valence-electron chi connectivity index (χ3n) is 3.88. The van der Waals surface area contributed by atoms with Crippen LogP contribution in [0.5, 0.6) is 0 Å². The molecule has 1 fully saturated rings. The fourth-order valence-corrected chi connectivity index (χ4v) is 5.05. The Labute approximate surface area is 135 Å². The third-order valence-corrected chi connectivity index (χ3v) is 6.29. The summed E-state index contributed by atoms with van der Waals surface area (Å²) in [7, 11) is 0. The van der Waals surface area contributed by atoms with Gasteiger partial charge >= 0.3 is 0 Å². The Morgan fingerprint density at radius 3 is 2.44 bits per heavy atom. The van der Waals surface area contributed by atoms with Crippen LogP contribution in [0, 0.1) is 12.8 Å². The zero-order valence-electron chi connectivity index (χ0n) is 10.7. The highest BCUT2D eigenvalue weighted by molar-refractivity contribution is 9.11. The van der Waals surface area contributed by atoms with Gasteiger partial charge in [0, 0.05) is 13.8 Å². The molecule has 1 saturated carbocycles. The Balaban J connectivity index is 2.08. The summed E-state index contributed by atoms with van der Waals surface area (Å²) in [6.45, 7) is 2.13. The minimum Gasteiger partial charge on any atom is -0.0838 e. The van der Waals surface area contributed by atoms with Gasteiger partial charge in [0.2, 0.25) is 0 Å². The molecule has 0 amide bonds. The van der Waals surface area contributed by atoms with E-state index in [9.17, 15) is 0 Å². The molecule has 0 aliphatic heterocycles. The zero-order valence-corrected chi connectivity index (χ0v) is 15.4. The van der Waals surface area contributed by atoms with Gasteiger partial charge in [0.25, 0.3) is 0 Å². The van der Waals surface area contributed by atoms with Crippen LogP contribution in [0.1, 0.15) is 54.5 Å². The van der Waals surface area contributed by atoms with E-state index in [1.165, 1.54) is 58.6 Å². The van der Waals surface area contributed by atoms with Gasteiger partial charge in [-0.1, -0.05) is 79.9 Å². The molecule has 0 nitrogen and oxygen atoms in total. The summed E-state index contributed by atoms with van der Waals surface area (Å²) < 4.78 is 2.43. The lowest BCUT2D eigenvalue weighted by molar-refractivity contribution is 0.338. The van der Waals surface area contributed by atoms with Crippen LogP contribution in [0.25, 0.3) is 0 Å². The van der Waals surface area contributed by atoms with E-state index in [1.54, 1.807) is 0 Å². The van der Waals surface area contributed by atoms with Gasteiger partial charge in [0.15, 0.2) is 0 Å². The summed E-state index contributed by atoms with van der Waals surface area (Å²) in [6.07, 6.45) is 8.35. The minimum absolute atomic E-state index is 0.465. The molecular weight excluding hydrogens is 420 g/mol. The number of rotatable bonds is 3. The van der Waals surface area contributed by atoms with Crippen LogP contribution in [0.2, 0.25) is 0 Å². The van der Waals surface area contributed by atoms with Crippen LogP contribution in [0.3, 0.4) is 0 Å². The fourth-order valence-electron chi connectivity index (χ4n) is 2.74. The van der Waals surface area contributed by atoms with Gasteiger partial charge in [-0.05, 0) is 42.5 Å². The molecule has 1 atom stereocenters.